The van der Waals surface area contributed by atoms with Crippen LogP contribution in [0.15, 0.2) is 12.1 Å². The summed E-state index contributed by atoms with van der Waals surface area (Å²) in [6.07, 6.45) is 1.14. The van der Waals surface area contributed by atoms with Gasteiger partial charge in [0, 0.05) is 32.2 Å². The highest BCUT2D eigenvalue weighted by molar-refractivity contribution is 7.17. The van der Waals surface area contributed by atoms with Gasteiger partial charge in [-0.2, -0.15) is 0 Å². The van der Waals surface area contributed by atoms with Gasteiger partial charge in [0.05, 0.1) is 5.00 Å². The highest BCUT2D eigenvalue weighted by atomic mass is 32.1. The summed E-state index contributed by atoms with van der Waals surface area (Å²) in [5.74, 6) is -0.829. The zero-order valence-corrected chi connectivity index (χ0v) is 11.7. The Balaban J connectivity index is 2.02. The highest BCUT2D eigenvalue weighted by Gasteiger charge is 2.18. The van der Waals surface area contributed by atoms with E-state index < -0.39 is 5.97 Å². The third kappa shape index (κ3) is 3.03. The van der Waals surface area contributed by atoms with Gasteiger partial charge in [-0.25, -0.2) is 4.79 Å². The molecule has 18 heavy (non-hydrogen) atoms. The number of hydrogen-bond acceptors (Lipinski definition) is 4. The third-order valence-corrected chi connectivity index (χ3v) is 4.51. The van der Waals surface area contributed by atoms with Gasteiger partial charge in [-0.1, -0.05) is 0 Å². The summed E-state index contributed by atoms with van der Waals surface area (Å²) < 4.78 is 0. The van der Waals surface area contributed by atoms with Crippen molar-refractivity contribution >= 4 is 22.3 Å². The summed E-state index contributed by atoms with van der Waals surface area (Å²) in [6.45, 7) is 8.64. The summed E-state index contributed by atoms with van der Waals surface area (Å²) in [5, 5.41) is 10.0. The van der Waals surface area contributed by atoms with Crippen molar-refractivity contribution in [2.24, 2.45) is 0 Å². The molecule has 4 nitrogen and oxygen atoms in total. The number of hydrogen-bond donors (Lipinski definition) is 1. The summed E-state index contributed by atoms with van der Waals surface area (Å²) in [5.41, 5.74) is 0. The summed E-state index contributed by atoms with van der Waals surface area (Å²) >= 11 is 1.37. The Morgan fingerprint density at radius 2 is 2.06 bits per heavy atom. The second kappa shape index (κ2) is 5.71. The van der Waals surface area contributed by atoms with E-state index in [0.29, 0.717) is 10.9 Å². The van der Waals surface area contributed by atoms with Crippen LogP contribution in [-0.2, 0) is 0 Å². The van der Waals surface area contributed by atoms with E-state index in [1.165, 1.54) is 11.3 Å². The minimum atomic E-state index is -0.829. The Labute approximate surface area is 112 Å². The largest absolute Gasteiger partial charge is 0.477 e. The molecule has 0 saturated carbocycles. The molecular weight excluding hydrogens is 248 g/mol. The molecule has 100 valence electrons. The van der Waals surface area contributed by atoms with Gasteiger partial charge >= 0.3 is 5.97 Å². The van der Waals surface area contributed by atoms with Gasteiger partial charge in [0.15, 0.2) is 0 Å². The molecule has 1 N–H and O–H groups in total. The molecule has 0 radical (unpaired) electrons. The molecule has 0 bridgehead atoms. The SMILES string of the molecule is CC(C)N1CCCN(c2ccc(C(=O)O)s2)CC1. The van der Waals surface area contributed by atoms with Gasteiger partial charge < -0.3 is 10.0 Å². The minimum absolute atomic E-state index is 0.426. The topological polar surface area (TPSA) is 43.8 Å². The first kappa shape index (κ1) is 13.4. The van der Waals surface area contributed by atoms with Crippen LogP contribution in [-0.4, -0.2) is 48.2 Å². The number of thiophene rings is 1. The van der Waals surface area contributed by atoms with Crippen LogP contribution in [0.1, 0.15) is 29.9 Å². The first-order chi connectivity index (χ1) is 8.58. The lowest BCUT2D eigenvalue weighted by Crippen LogP contribution is -2.34. The van der Waals surface area contributed by atoms with E-state index >= 15 is 0 Å². The van der Waals surface area contributed by atoms with Crippen LogP contribution in [0.5, 0.6) is 0 Å². The molecule has 1 aliphatic heterocycles. The van der Waals surface area contributed by atoms with E-state index in [2.05, 4.69) is 23.6 Å². The number of carboxylic acids is 1. The van der Waals surface area contributed by atoms with Crippen molar-refractivity contribution < 1.29 is 9.90 Å². The van der Waals surface area contributed by atoms with E-state index in [-0.39, 0.29) is 0 Å². The number of carbonyl (C=O) groups is 1. The number of rotatable bonds is 3. The van der Waals surface area contributed by atoms with Gasteiger partial charge in [-0.05, 0) is 32.4 Å². The molecule has 0 unspecified atom stereocenters. The Hall–Kier alpha value is -1.07. The standard InChI is InChI=1S/C13H20N2O2S/c1-10(2)14-6-3-7-15(9-8-14)12-5-4-11(18-12)13(16)17/h4-5,10H,3,6-9H2,1-2H3,(H,16,17). The first-order valence-corrected chi connectivity index (χ1v) is 7.21. The predicted octanol–water partition coefficient (Wildman–Crippen LogP) is 2.37. The number of anilines is 1. The van der Waals surface area contributed by atoms with Gasteiger partial charge in [-0.15, -0.1) is 11.3 Å². The van der Waals surface area contributed by atoms with Gasteiger partial charge in [0.2, 0.25) is 0 Å². The normalized spacial score (nSPS) is 18.1. The average Bonchev–Trinajstić information content (AvgIpc) is 2.67. The molecule has 0 amide bonds. The monoisotopic (exact) mass is 268 g/mol. The number of carboxylic acid groups (broad SMARTS) is 1. The molecule has 0 aromatic carbocycles. The van der Waals surface area contributed by atoms with E-state index in [1.807, 2.05) is 6.07 Å². The molecule has 1 aliphatic rings. The summed E-state index contributed by atoms with van der Waals surface area (Å²) in [7, 11) is 0. The Morgan fingerprint density at radius 3 is 2.67 bits per heavy atom. The lowest BCUT2D eigenvalue weighted by atomic mass is 10.3. The Bertz CT molecular complexity index is 417. The Morgan fingerprint density at radius 1 is 1.28 bits per heavy atom. The minimum Gasteiger partial charge on any atom is -0.477 e. The van der Waals surface area contributed by atoms with E-state index in [4.69, 9.17) is 5.11 Å². The van der Waals surface area contributed by atoms with Crippen molar-refractivity contribution in [1.82, 2.24) is 4.90 Å². The molecule has 0 spiro atoms. The molecule has 0 atom stereocenters. The van der Waals surface area contributed by atoms with Crippen molar-refractivity contribution in [3.05, 3.63) is 17.0 Å². The van der Waals surface area contributed by atoms with Crippen molar-refractivity contribution in [2.75, 3.05) is 31.1 Å². The predicted molar refractivity (Wildman–Crippen MR) is 74.8 cm³/mol. The lowest BCUT2D eigenvalue weighted by Gasteiger charge is -2.25. The van der Waals surface area contributed by atoms with Crippen molar-refractivity contribution in [3.8, 4) is 0 Å². The molecule has 2 rings (SSSR count). The van der Waals surface area contributed by atoms with E-state index in [1.54, 1.807) is 6.07 Å². The average molecular weight is 268 g/mol. The molecule has 1 saturated heterocycles. The fraction of sp³-hybridized carbons (Fsp3) is 0.615. The van der Waals surface area contributed by atoms with Crippen LogP contribution in [0.2, 0.25) is 0 Å². The fourth-order valence-corrected chi connectivity index (χ4v) is 3.18. The van der Waals surface area contributed by atoms with E-state index in [0.717, 1.165) is 37.6 Å². The number of aromatic carboxylic acids is 1. The van der Waals surface area contributed by atoms with Crippen LogP contribution in [0.25, 0.3) is 0 Å². The maximum atomic E-state index is 10.9. The summed E-state index contributed by atoms with van der Waals surface area (Å²) in [6, 6.07) is 4.22. The zero-order valence-electron chi connectivity index (χ0n) is 10.9. The second-order valence-electron chi connectivity index (χ2n) is 4.91. The third-order valence-electron chi connectivity index (χ3n) is 3.38. The quantitative estimate of drug-likeness (QED) is 0.914. The number of nitrogens with zero attached hydrogens (tertiary/aromatic N) is 2. The fourth-order valence-electron chi connectivity index (χ4n) is 2.29. The van der Waals surface area contributed by atoms with Gasteiger partial charge in [0.25, 0.3) is 0 Å². The van der Waals surface area contributed by atoms with Crippen molar-refractivity contribution in [1.29, 1.82) is 0 Å². The van der Waals surface area contributed by atoms with Crippen LogP contribution in [0.3, 0.4) is 0 Å². The first-order valence-electron chi connectivity index (χ1n) is 6.40. The maximum absolute atomic E-state index is 10.9. The second-order valence-corrected chi connectivity index (χ2v) is 5.98. The molecule has 1 aromatic rings. The zero-order chi connectivity index (χ0) is 13.1. The maximum Gasteiger partial charge on any atom is 0.345 e. The molecule has 0 aliphatic carbocycles. The molecule has 1 aromatic heterocycles. The van der Waals surface area contributed by atoms with Crippen molar-refractivity contribution in [3.63, 3.8) is 0 Å². The lowest BCUT2D eigenvalue weighted by molar-refractivity contribution is 0.0702. The Kier molecular flexibility index (Phi) is 4.24. The van der Waals surface area contributed by atoms with Crippen LogP contribution >= 0.6 is 11.3 Å². The van der Waals surface area contributed by atoms with Gasteiger partial charge in [-0.3, -0.25) is 4.90 Å². The van der Waals surface area contributed by atoms with Crippen LogP contribution < -0.4 is 4.90 Å². The smallest absolute Gasteiger partial charge is 0.345 e. The highest BCUT2D eigenvalue weighted by Crippen LogP contribution is 2.27. The van der Waals surface area contributed by atoms with Crippen LogP contribution in [0.4, 0.5) is 5.00 Å². The van der Waals surface area contributed by atoms with Gasteiger partial charge in [0.1, 0.15) is 4.88 Å². The molecule has 1 fully saturated rings. The molecule has 2 heterocycles. The molecule has 5 heteroatoms. The molecular formula is C13H20N2O2S. The van der Waals surface area contributed by atoms with Crippen molar-refractivity contribution in [2.45, 2.75) is 26.3 Å². The van der Waals surface area contributed by atoms with E-state index in [9.17, 15) is 4.79 Å². The van der Waals surface area contributed by atoms with Crippen LogP contribution in [0, 0.1) is 0 Å². The summed E-state index contributed by atoms with van der Waals surface area (Å²) in [4.78, 5) is 16.1.